The van der Waals surface area contributed by atoms with Crippen LogP contribution in [0.2, 0.25) is 0 Å². The number of hydrogen-bond acceptors (Lipinski definition) is 3. The van der Waals surface area contributed by atoms with Crippen molar-refractivity contribution in [3.63, 3.8) is 0 Å². The van der Waals surface area contributed by atoms with E-state index in [1.807, 2.05) is 0 Å². The Morgan fingerprint density at radius 2 is 1.67 bits per heavy atom. The van der Waals surface area contributed by atoms with Gasteiger partial charge in [-0.15, -0.1) is 0 Å². The van der Waals surface area contributed by atoms with Crippen LogP contribution in [0, 0.1) is 46.3 Å². The molecule has 3 nitrogen and oxygen atoms in total. The molecule has 156 valence electrons. The molecule has 0 radical (unpaired) electrons. The third-order valence-electron chi connectivity index (χ3n) is 10.3. The van der Waals surface area contributed by atoms with Crippen molar-refractivity contribution < 1.29 is 10.2 Å². The molecule has 4 saturated carbocycles. The molecule has 4 N–H and O–H groups in total. The van der Waals surface area contributed by atoms with Gasteiger partial charge in [-0.2, -0.15) is 0 Å². The third kappa shape index (κ3) is 3.11. The van der Waals surface area contributed by atoms with E-state index >= 15 is 0 Å². The summed E-state index contributed by atoms with van der Waals surface area (Å²) in [4.78, 5) is 0. The predicted molar refractivity (Wildman–Crippen MR) is 110 cm³/mol. The lowest BCUT2D eigenvalue weighted by molar-refractivity contribution is -0.174. The fraction of sp³-hybridized carbons (Fsp3) is 1.00. The van der Waals surface area contributed by atoms with Crippen molar-refractivity contribution in [2.75, 3.05) is 6.54 Å². The molecule has 0 bridgehead atoms. The highest BCUT2D eigenvalue weighted by molar-refractivity contribution is 5.11. The zero-order valence-electron chi connectivity index (χ0n) is 17.9. The maximum atomic E-state index is 11.3. The van der Waals surface area contributed by atoms with Gasteiger partial charge >= 0.3 is 0 Å². The van der Waals surface area contributed by atoms with Crippen LogP contribution in [0.25, 0.3) is 0 Å². The molecule has 0 aliphatic heterocycles. The van der Waals surface area contributed by atoms with Crippen LogP contribution >= 0.6 is 0 Å². The maximum absolute atomic E-state index is 11.3. The molecule has 4 fully saturated rings. The number of hydrogen-bond donors (Lipinski definition) is 3. The van der Waals surface area contributed by atoms with Gasteiger partial charge in [0.1, 0.15) is 0 Å². The van der Waals surface area contributed by atoms with E-state index in [9.17, 15) is 10.2 Å². The third-order valence-corrected chi connectivity index (χ3v) is 10.3. The summed E-state index contributed by atoms with van der Waals surface area (Å²) in [6.45, 7) is 8.34. The smallest absolute Gasteiger partial charge is 0.0577 e. The molecule has 4 aliphatic rings. The molecule has 0 aromatic carbocycles. The number of aliphatic hydroxyl groups is 2. The van der Waals surface area contributed by atoms with Gasteiger partial charge in [0, 0.05) is 0 Å². The number of nitrogens with two attached hydrogens (primary N) is 1. The molecule has 0 amide bonds. The predicted octanol–water partition coefficient (Wildman–Crippen LogP) is 4.35. The highest BCUT2D eigenvalue weighted by Gasteiger charge is 2.62. The van der Waals surface area contributed by atoms with E-state index in [0.29, 0.717) is 34.5 Å². The Morgan fingerprint density at radius 1 is 0.963 bits per heavy atom. The topological polar surface area (TPSA) is 66.5 Å². The van der Waals surface area contributed by atoms with E-state index < -0.39 is 0 Å². The summed E-state index contributed by atoms with van der Waals surface area (Å²) in [5.41, 5.74) is 6.53. The summed E-state index contributed by atoms with van der Waals surface area (Å²) < 4.78 is 0. The molecule has 27 heavy (non-hydrogen) atoms. The van der Waals surface area contributed by atoms with Crippen LogP contribution in [-0.4, -0.2) is 29.0 Å². The van der Waals surface area contributed by atoms with Crippen molar-refractivity contribution >= 4 is 0 Å². The summed E-state index contributed by atoms with van der Waals surface area (Å²) in [5, 5.41) is 21.5. The van der Waals surface area contributed by atoms with E-state index in [-0.39, 0.29) is 12.2 Å². The van der Waals surface area contributed by atoms with Gasteiger partial charge in [0.2, 0.25) is 0 Å². The Labute approximate surface area is 166 Å². The van der Waals surface area contributed by atoms with Gasteiger partial charge in [-0.1, -0.05) is 20.8 Å². The molecule has 3 heteroatoms. The zero-order valence-corrected chi connectivity index (χ0v) is 17.9. The first-order valence-electron chi connectivity index (χ1n) is 11.9. The molecule has 0 aromatic heterocycles. The standard InChI is InChI=1S/C24H43NO2/c1-15(5-4-12-25)18-6-7-19-22-20(9-11-24(18,19)3)23(2)10-8-17(26)13-16(23)14-21(22)27/h15-22,26-27H,4-14,25H2,1-3H3/t15-,16?,17-,18-,19+,20+,21+,22+,23+,24-/m1/s1. The van der Waals surface area contributed by atoms with Crippen LogP contribution in [0.1, 0.15) is 85.0 Å². The number of fused-ring (bicyclic) bond motifs is 5. The summed E-state index contributed by atoms with van der Waals surface area (Å²) >= 11 is 0. The minimum Gasteiger partial charge on any atom is -0.393 e. The normalized spacial score (nSPS) is 53.3. The Hall–Kier alpha value is -0.120. The van der Waals surface area contributed by atoms with Crippen molar-refractivity contribution in [2.45, 2.75) is 97.2 Å². The van der Waals surface area contributed by atoms with Crippen molar-refractivity contribution in [2.24, 2.45) is 52.1 Å². The van der Waals surface area contributed by atoms with E-state index in [0.717, 1.165) is 50.5 Å². The minimum atomic E-state index is -0.152. The quantitative estimate of drug-likeness (QED) is 0.682. The molecule has 1 unspecified atom stereocenters. The van der Waals surface area contributed by atoms with Gasteiger partial charge < -0.3 is 15.9 Å². The van der Waals surface area contributed by atoms with Crippen molar-refractivity contribution in [1.29, 1.82) is 0 Å². The molecular weight excluding hydrogens is 334 g/mol. The summed E-state index contributed by atoms with van der Waals surface area (Å²) in [7, 11) is 0. The average Bonchev–Trinajstić information content (AvgIpc) is 2.98. The van der Waals surface area contributed by atoms with E-state index in [1.165, 1.54) is 32.1 Å². The molecule has 0 saturated heterocycles. The van der Waals surface area contributed by atoms with Crippen molar-refractivity contribution in [3.8, 4) is 0 Å². The van der Waals surface area contributed by atoms with Crippen LogP contribution in [0.15, 0.2) is 0 Å². The first-order chi connectivity index (χ1) is 12.8. The van der Waals surface area contributed by atoms with Crippen LogP contribution in [0.4, 0.5) is 0 Å². The summed E-state index contributed by atoms with van der Waals surface area (Å²) in [6, 6.07) is 0. The Morgan fingerprint density at radius 3 is 2.41 bits per heavy atom. The molecule has 4 rings (SSSR count). The average molecular weight is 378 g/mol. The van der Waals surface area contributed by atoms with Crippen molar-refractivity contribution in [1.82, 2.24) is 0 Å². The first kappa shape index (κ1) is 20.2. The Bertz CT molecular complexity index is 538. The van der Waals surface area contributed by atoms with Crippen LogP contribution in [0.5, 0.6) is 0 Å². The van der Waals surface area contributed by atoms with Crippen LogP contribution < -0.4 is 5.73 Å². The Kier molecular flexibility index (Phi) is 5.44. The fourth-order valence-corrected chi connectivity index (χ4v) is 8.82. The second-order valence-corrected chi connectivity index (χ2v) is 11.4. The summed E-state index contributed by atoms with van der Waals surface area (Å²) in [5.74, 6) is 3.93. The highest BCUT2D eigenvalue weighted by Crippen LogP contribution is 2.68. The molecule has 4 aliphatic carbocycles. The van der Waals surface area contributed by atoms with Gasteiger partial charge in [0.05, 0.1) is 12.2 Å². The molecule has 0 spiro atoms. The second kappa shape index (κ2) is 7.29. The van der Waals surface area contributed by atoms with Gasteiger partial charge in [0.25, 0.3) is 0 Å². The lowest BCUT2D eigenvalue weighted by Crippen LogP contribution is -2.58. The molecule has 0 aromatic rings. The zero-order chi connectivity index (χ0) is 19.4. The molecular formula is C24H43NO2. The largest absolute Gasteiger partial charge is 0.393 e. The fourth-order valence-electron chi connectivity index (χ4n) is 8.82. The van der Waals surface area contributed by atoms with Crippen LogP contribution in [0.3, 0.4) is 0 Å². The lowest BCUT2D eigenvalue weighted by Gasteiger charge is -2.62. The van der Waals surface area contributed by atoms with Gasteiger partial charge in [-0.05, 0) is 117 Å². The van der Waals surface area contributed by atoms with Crippen molar-refractivity contribution in [3.05, 3.63) is 0 Å². The van der Waals surface area contributed by atoms with E-state index in [2.05, 4.69) is 20.8 Å². The molecule has 10 atom stereocenters. The lowest BCUT2D eigenvalue weighted by atomic mass is 9.43. The second-order valence-electron chi connectivity index (χ2n) is 11.4. The van der Waals surface area contributed by atoms with E-state index in [1.54, 1.807) is 0 Å². The number of rotatable bonds is 4. The van der Waals surface area contributed by atoms with Gasteiger partial charge in [-0.3, -0.25) is 0 Å². The SMILES string of the molecule is C[C@H](CCCN)[C@H]1CC[C@H]2[C@@H]3[C@@H](O)CC4C[C@H](O)CC[C@]4(C)[C@H]3CC[C@]12C. The number of aliphatic hydroxyl groups excluding tert-OH is 2. The van der Waals surface area contributed by atoms with Gasteiger partial charge in [0.15, 0.2) is 0 Å². The van der Waals surface area contributed by atoms with Crippen LogP contribution in [-0.2, 0) is 0 Å². The van der Waals surface area contributed by atoms with E-state index in [4.69, 9.17) is 5.73 Å². The minimum absolute atomic E-state index is 0.139. The highest BCUT2D eigenvalue weighted by atomic mass is 16.3. The molecule has 0 heterocycles. The van der Waals surface area contributed by atoms with Gasteiger partial charge in [-0.25, -0.2) is 0 Å². The monoisotopic (exact) mass is 377 g/mol. The summed E-state index contributed by atoms with van der Waals surface area (Å²) in [6.07, 6.45) is 11.4. The first-order valence-corrected chi connectivity index (χ1v) is 11.9. The maximum Gasteiger partial charge on any atom is 0.0577 e. The Balaban J connectivity index is 1.57.